The molecule has 0 atom stereocenters. The topological polar surface area (TPSA) is 43.6 Å². The van der Waals surface area contributed by atoms with Gasteiger partial charge in [-0.2, -0.15) is 0 Å². The summed E-state index contributed by atoms with van der Waals surface area (Å²) >= 11 is 0. The summed E-state index contributed by atoms with van der Waals surface area (Å²) in [5.41, 5.74) is 13.2. The first-order valence-corrected chi connectivity index (χ1v) is 19.9. The molecule has 276 valence electrons. The lowest BCUT2D eigenvalue weighted by Gasteiger charge is -2.14. The van der Waals surface area contributed by atoms with E-state index >= 15 is 0 Å². The highest BCUT2D eigenvalue weighted by Crippen LogP contribution is 2.38. The van der Waals surface area contributed by atoms with Crippen LogP contribution >= 0.6 is 0 Å². The van der Waals surface area contributed by atoms with E-state index in [1.165, 1.54) is 49.3 Å². The van der Waals surface area contributed by atoms with Gasteiger partial charge in [0.15, 0.2) is 17.5 Å². The van der Waals surface area contributed by atoms with Crippen LogP contribution in [0.25, 0.3) is 106 Å². The molecule has 0 radical (unpaired) electrons. The molecule has 0 aliphatic rings. The second-order valence-corrected chi connectivity index (χ2v) is 14.8. The van der Waals surface area contributed by atoms with Crippen molar-refractivity contribution in [2.24, 2.45) is 0 Å². The van der Waals surface area contributed by atoms with E-state index in [1.807, 2.05) is 6.07 Å². The van der Waals surface area contributed by atoms with Crippen molar-refractivity contribution >= 4 is 32.6 Å². The van der Waals surface area contributed by atoms with Crippen LogP contribution in [0.15, 0.2) is 218 Å². The molecule has 0 N–H and O–H groups in total. The molecule has 0 saturated heterocycles. The van der Waals surface area contributed by atoms with Gasteiger partial charge in [0.05, 0.1) is 11.0 Å². The standard InChI is InChI=1S/C55H36N4/c1-3-14-37(15-4-1)38-28-30-41(31-29-38)53-56-54(42-32-34-45(35-33-42)59-50-26-9-7-22-48(50)49-23-8-10-27-51(49)59)58-55(57-53)44-21-11-20-43(36-44)47-25-13-19-40-18-12-24-46(52(40)47)39-16-5-2-6-17-39/h1-36H. The van der Waals surface area contributed by atoms with E-state index in [1.54, 1.807) is 0 Å². The van der Waals surface area contributed by atoms with Crippen LogP contribution in [0.3, 0.4) is 0 Å². The van der Waals surface area contributed by atoms with Gasteiger partial charge in [0.2, 0.25) is 0 Å². The van der Waals surface area contributed by atoms with Crippen molar-refractivity contribution in [3.63, 3.8) is 0 Å². The fourth-order valence-electron chi connectivity index (χ4n) is 8.43. The Balaban J connectivity index is 1.04. The molecule has 2 heterocycles. The summed E-state index contributed by atoms with van der Waals surface area (Å²) < 4.78 is 2.33. The second-order valence-electron chi connectivity index (χ2n) is 14.8. The maximum Gasteiger partial charge on any atom is 0.164 e. The molecule has 4 heteroatoms. The number of nitrogens with zero attached hydrogens (tertiary/aromatic N) is 4. The zero-order valence-corrected chi connectivity index (χ0v) is 32.1. The molecule has 0 spiro atoms. The molecule has 9 aromatic carbocycles. The Morgan fingerprint density at radius 2 is 0.712 bits per heavy atom. The van der Waals surface area contributed by atoms with Crippen LogP contribution in [0.2, 0.25) is 0 Å². The molecule has 2 aromatic heterocycles. The lowest BCUT2D eigenvalue weighted by molar-refractivity contribution is 1.07. The zero-order valence-electron chi connectivity index (χ0n) is 32.1. The molecule has 0 aliphatic carbocycles. The zero-order chi connectivity index (χ0) is 39.1. The average Bonchev–Trinajstić information content (AvgIpc) is 3.66. The molecule has 4 nitrogen and oxygen atoms in total. The normalized spacial score (nSPS) is 11.4. The highest BCUT2D eigenvalue weighted by atomic mass is 15.0. The smallest absolute Gasteiger partial charge is 0.164 e. The summed E-state index contributed by atoms with van der Waals surface area (Å²) in [4.78, 5) is 15.5. The van der Waals surface area contributed by atoms with Gasteiger partial charge in [-0.25, -0.2) is 15.0 Å². The molecule has 59 heavy (non-hydrogen) atoms. The van der Waals surface area contributed by atoms with Gasteiger partial charge < -0.3 is 4.57 Å². The lowest BCUT2D eigenvalue weighted by Crippen LogP contribution is -2.01. The monoisotopic (exact) mass is 752 g/mol. The maximum absolute atomic E-state index is 5.19. The fraction of sp³-hybridized carbons (Fsp3) is 0. The van der Waals surface area contributed by atoms with Crippen LogP contribution in [-0.4, -0.2) is 19.5 Å². The Bertz CT molecular complexity index is 3240. The Morgan fingerprint density at radius 1 is 0.288 bits per heavy atom. The number of rotatable bonds is 7. The molecule has 11 rings (SSSR count). The number of para-hydroxylation sites is 2. The summed E-state index contributed by atoms with van der Waals surface area (Å²) in [5.74, 6) is 1.86. The maximum atomic E-state index is 5.19. The Labute approximate surface area is 342 Å². The Morgan fingerprint density at radius 3 is 1.32 bits per heavy atom. The van der Waals surface area contributed by atoms with E-state index in [9.17, 15) is 0 Å². The third-order valence-corrected chi connectivity index (χ3v) is 11.3. The van der Waals surface area contributed by atoms with Crippen LogP contribution in [0.5, 0.6) is 0 Å². The van der Waals surface area contributed by atoms with Crippen LogP contribution < -0.4 is 0 Å². The average molecular weight is 753 g/mol. The van der Waals surface area contributed by atoms with Crippen molar-refractivity contribution in [1.29, 1.82) is 0 Å². The molecule has 11 aromatic rings. The Kier molecular flexibility index (Phi) is 8.45. The molecular formula is C55H36N4. The van der Waals surface area contributed by atoms with Gasteiger partial charge in [-0.1, -0.05) is 176 Å². The van der Waals surface area contributed by atoms with Gasteiger partial charge >= 0.3 is 0 Å². The summed E-state index contributed by atoms with van der Waals surface area (Å²) in [5, 5.41) is 4.89. The summed E-state index contributed by atoms with van der Waals surface area (Å²) in [7, 11) is 0. The van der Waals surface area contributed by atoms with Gasteiger partial charge in [0.1, 0.15) is 0 Å². The third kappa shape index (κ3) is 6.24. The minimum absolute atomic E-state index is 0.618. The minimum Gasteiger partial charge on any atom is -0.309 e. The van der Waals surface area contributed by atoms with Crippen LogP contribution in [0.1, 0.15) is 0 Å². The van der Waals surface area contributed by atoms with Crippen molar-refractivity contribution in [2.45, 2.75) is 0 Å². The first-order valence-electron chi connectivity index (χ1n) is 19.9. The molecule has 0 saturated carbocycles. The van der Waals surface area contributed by atoms with Crippen molar-refractivity contribution in [1.82, 2.24) is 19.5 Å². The first-order chi connectivity index (χ1) is 29.2. The van der Waals surface area contributed by atoms with Crippen molar-refractivity contribution in [2.75, 3.05) is 0 Å². The van der Waals surface area contributed by atoms with Gasteiger partial charge in [0, 0.05) is 33.2 Å². The van der Waals surface area contributed by atoms with E-state index in [0.29, 0.717) is 17.5 Å². The first kappa shape index (κ1) is 34.3. The van der Waals surface area contributed by atoms with Crippen LogP contribution in [0.4, 0.5) is 0 Å². The van der Waals surface area contributed by atoms with E-state index in [4.69, 9.17) is 15.0 Å². The van der Waals surface area contributed by atoms with Gasteiger partial charge in [0.25, 0.3) is 0 Å². The van der Waals surface area contributed by atoms with Crippen molar-refractivity contribution in [3.05, 3.63) is 218 Å². The van der Waals surface area contributed by atoms with Gasteiger partial charge in [-0.3, -0.25) is 0 Å². The fourth-order valence-corrected chi connectivity index (χ4v) is 8.43. The molecule has 0 amide bonds. The number of benzene rings is 9. The largest absolute Gasteiger partial charge is 0.309 e. The third-order valence-electron chi connectivity index (χ3n) is 11.3. The van der Waals surface area contributed by atoms with E-state index < -0.39 is 0 Å². The van der Waals surface area contributed by atoms with Gasteiger partial charge in [-0.05, 0) is 86.6 Å². The summed E-state index contributed by atoms with van der Waals surface area (Å²) in [6.45, 7) is 0. The van der Waals surface area contributed by atoms with Gasteiger partial charge in [-0.15, -0.1) is 0 Å². The van der Waals surface area contributed by atoms with Crippen molar-refractivity contribution in [3.8, 4) is 73.2 Å². The van der Waals surface area contributed by atoms with E-state index in [-0.39, 0.29) is 0 Å². The number of hydrogen-bond donors (Lipinski definition) is 0. The second kappa shape index (κ2) is 14.5. The predicted molar refractivity (Wildman–Crippen MR) is 244 cm³/mol. The molecule has 0 fully saturated rings. The Hall–Kier alpha value is -7.95. The molecular weight excluding hydrogens is 717 g/mol. The SMILES string of the molecule is c1ccc(-c2ccc(-c3nc(-c4ccc(-n5c6ccccc6c6ccccc65)cc4)nc(-c4cccc(-c5cccc6cccc(-c7ccccc7)c56)c4)n3)cc2)cc1. The molecule has 0 unspecified atom stereocenters. The highest BCUT2D eigenvalue weighted by Gasteiger charge is 2.17. The van der Waals surface area contributed by atoms with Crippen molar-refractivity contribution < 1.29 is 0 Å². The highest BCUT2D eigenvalue weighted by molar-refractivity contribution is 6.09. The number of aromatic nitrogens is 4. The van der Waals surface area contributed by atoms with E-state index in [0.717, 1.165) is 39.1 Å². The van der Waals surface area contributed by atoms with Crippen LogP contribution in [-0.2, 0) is 0 Å². The number of fused-ring (bicyclic) bond motifs is 4. The quantitative estimate of drug-likeness (QED) is 0.163. The summed E-state index contributed by atoms with van der Waals surface area (Å²) in [6.07, 6.45) is 0. The van der Waals surface area contributed by atoms with E-state index in [2.05, 4.69) is 217 Å². The summed E-state index contributed by atoms with van der Waals surface area (Å²) in [6, 6.07) is 77.0. The minimum atomic E-state index is 0.618. The predicted octanol–water partition coefficient (Wildman–Crippen LogP) is 14.1. The molecule has 0 bridgehead atoms. The molecule has 0 aliphatic heterocycles. The van der Waals surface area contributed by atoms with Crippen LogP contribution in [0, 0.1) is 0 Å². The lowest BCUT2D eigenvalue weighted by atomic mass is 9.91. The number of hydrogen-bond acceptors (Lipinski definition) is 3.